The van der Waals surface area contributed by atoms with Crippen molar-refractivity contribution in [1.29, 1.82) is 0 Å². The zero-order valence-electron chi connectivity index (χ0n) is 10.5. The summed E-state index contributed by atoms with van der Waals surface area (Å²) in [6.45, 7) is 8.23. The number of carbonyl (C=O) groups excluding carboxylic acids is 1. The van der Waals surface area contributed by atoms with E-state index in [1.807, 2.05) is 0 Å². The van der Waals surface area contributed by atoms with Gasteiger partial charge < -0.3 is 5.11 Å². The van der Waals surface area contributed by atoms with Crippen molar-refractivity contribution in [2.45, 2.75) is 51.2 Å². The summed E-state index contributed by atoms with van der Waals surface area (Å²) in [6.07, 6.45) is 0.509. The first-order chi connectivity index (χ1) is 7.63. The maximum absolute atomic E-state index is 11.5. The Morgan fingerprint density at radius 2 is 2.00 bits per heavy atom. The molecule has 3 atom stereocenters. The van der Waals surface area contributed by atoms with Crippen LogP contribution >= 0.6 is 0 Å². The molecule has 0 aliphatic heterocycles. The molecule has 1 N–H and O–H groups in total. The number of nitro groups is 1. The molecule has 5 heteroatoms. The topological polar surface area (TPSA) is 80.4 Å². The molecule has 1 aliphatic rings. The van der Waals surface area contributed by atoms with Crippen LogP contribution in [0.5, 0.6) is 0 Å². The zero-order valence-corrected chi connectivity index (χ0v) is 10.5. The van der Waals surface area contributed by atoms with Crippen LogP contribution in [0.1, 0.15) is 40.0 Å². The summed E-state index contributed by atoms with van der Waals surface area (Å²) in [4.78, 5) is 22.4. The smallest absolute Gasteiger partial charge is 0.243 e. The second kappa shape index (κ2) is 4.22. The summed E-state index contributed by atoms with van der Waals surface area (Å²) in [7, 11) is 0. The molecule has 0 bridgehead atoms. The van der Waals surface area contributed by atoms with Crippen LogP contribution in [0.15, 0.2) is 12.2 Å². The maximum atomic E-state index is 11.5. The molecule has 0 aromatic heterocycles. The molecule has 0 amide bonds. The summed E-state index contributed by atoms with van der Waals surface area (Å²) in [5.41, 5.74) is -1.97. The van der Waals surface area contributed by atoms with E-state index in [-0.39, 0.29) is 30.0 Å². The third-order valence-electron chi connectivity index (χ3n) is 3.97. The van der Waals surface area contributed by atoms with Crippen LogP contribution in [0.4, 0.5) is 0 Å². The fraction of sp³-hybridized carbons (Fsp3) is 0.750. The normalized spacial score (nSPS) is 37.5. The molecule has 5 nitrogen and oxygen atoms in total. The number of ketones is 1. The largest absolute Gasteiger partial charge is 0.389 e. The van der Waals surface area contributed by atoms with Crippen molar-refractivity contribution < 1.29 is 14.8 Å². The van der Waals surface area contributed by atoms with Crippen molar-refractivity contribution in [3.05, 3.63) is 22.3 Å². The summed E-state index contributed by atoms with van der Waals surface area (Å²) >= 11 is 0. The van der Waals surface area contributed by atoms with Gasteiger partial charge in [0, 0.05) is 17.8 Å². The highest BCUT2D eigenvalue weighted by Gasteiger charge is 2.55. The lowest BCUT2D eigenvalue weighted by Crippen LogP contribution is -2.54. The van der Waals surface area contributed by atoms with E-state index in [1.54, 1.807) is 13.8 Å². The molecule has 0 radical (unpaired) electrons. The maximum Gasteiger partial charge on any atom is 0.243 e. The number of hydrogen-bond donors (Lipinski definition) is 1. The van der Waals surface area contributed by atoms with Gasteiger partial charge in [0.25, 0.3) is 0 Å². The molecular formula is C12H19NO4. The fourth-order valence-corrected chi connectivity index (χ4v) is 2.58. The summed E-state index contributed by atoms with van der Waals surface area (Å²) in [5.74, 6) is -0.902. The van der Waals surface area contributed by atoms with E-state index in [1.165, 1.54) is 6.92 Å². The van der Waals surface area contributed by atoms with Crippen molar-refractivity contribution >= 4 is 5.78 Å². The number of carbonyl (C=O) groups is 1. The van der Waals surface area contributed by atoms with E-state index in [4.69, 9.17) is 0 Å². The molecule has 0 saturated heterocycles. The van der Waals surface area contributed by atoms with E-state index in [9.17, 15) is 20.0 Å². The van der Waals surface area contributed by atoms with Gasteiger partial charge >= 0.3 is 0 Å². The highest BCUT2D eigenvalue weighted by atomic mass is 16.6. The summed E-state index contributed by atoms with van der Waals surface area (Å²) in [5, 5.41) is 21.4. The van der Waals surface area contributed by atoms with E-state index in [0.717, 1.165) is 0 Å². The van der Waals surface area contributed by atoms with Crippen LogP contribution in [0, 0.1) is 16.0 Å². The zero-order chi connectivity index (χ0) is 13.4. The molecule has 0 unspecified atom stereocenters. The van der Waals surface area contributed by atoms with E-state index < -0.39 is 17.1 Å². The summed E-state index contributed by atoms with van der Waals surface area (Å²) in [6, 6.07) is 0. The molecule has 0 aromatic carbocycles. The molecular weight excluding hydrogens is 222 g/mol. The SMILES string of the molecule is C=C(C)[C@]1([N+](=O)[O-])CC[C@](C)(O)[C@H](C(C)=O)C1. The summed E-state index contributed by atoms with van der Waals surface area (Å²) < 4.78 is 0. The van der Waals surface area contributed by atoms with Gasteiger partial charge in [0.2, 0.25) is 5.54 Å². The number of Topliss-reactive ketones (excluding diaryl/α,β-unsaturated/α-hetero) is 1. The van der Waals surface area contributed by atoms with Crippen LogP contribution in [-0.4, -0.2) is 27.0 Å². The Morgan fingerprint density at radius 3 is 2.35 bits per heavy atom. The van der Waals surface area contributed by atoms with Crippen LogP contribution < -0.4 is 0 Å². The van der Waals surface area contributed by atoms with Crippen molar-refractivity contribution in [3.8, 4) is 0 Å². The van der Waals surface area contributed by atoms with Crippen LogP contribution in [0.3, 0.4) is 0 Å². The molecule has 96 valence electrons. The minimum absolute atomic E-state index is 0.0394. The van der Waals surface area contributed by atoms with E-state index in [0.29, 0.717) is 5.57 Å². The second-order valence-electron chi connectivity index (χ2n) is 5.29. The third kappa shape index (κ3) is 2.24. The lowest BCUT2D eigenvalue weighted by molar-refractivity contribution is -0.566. The molecule has 0 heterocycles. The molecule has 1 fully saturated rings. The van der Waals surface area contributed by atoms with E-state index in [2.05, 4.69) is 6.58 Å². The first-order valence-electron chi connectivity index (χ1n) is 5.67. The predicted octanol–water partition coefficient (Wildman–Crippen LogP) is 1.72. The number of hydrogen-bond acceptors (Lipinski definition) is 4. The quantitative estimate of drug-likeness (QED) is 0.463. The Labute approximate surface area is 101 Å². The van der Waals surface area contributed by atoms with Gasteiger partial charge in [-0.2, -0.15) is 0 Å². The second-order valence-corrected chi connectivity index (χ2v) is 5.29. The predicted molar refractivity (Wildman–Crippen MR) is 63.2 cm³/mol. The molecule has 0 spiro atoms. The van der Waals surface area contributed by atoms with Gasteiger partial charge in [0.15, 0.2) is 0 Å². The first-order valence-corrected chi connectivity index (χ1v) is 5.67. The lowest BCUT2D eigenvalue weighted by atomic mass is 9.65. The third-order valence-corrected chi connectivity index (χ3v) is 3.97. The monoisotopic (exact) mass is 241 g/mol. The van der Waals surface area contributed by atoms with Gasteiger partial charge in [-0.05, 0) is 32.8 Å². The minimum Gasteiger partial charge on any atom is -0.389 e. The number of rotatable bonds is 3. The fourth-order valence-electron chi connectivity index (χ4n) is 2.58. The average Bonchev–Trinajstić information content (AvgIpc) is 2.15. The van der Waals surface area contributed by atoms with Crippen molar-refractivity contribution in [2.24, 2.45) is 5.92 Å². The first kappa shape index (κ1) is 13.8. The minimum atomic E-state index is -1.27. The van der Waals surface area contributed by atoms with Gasteiger partial charge in [-0.15, -0.1) is 0 Å². The highest BCUT2D eigenvalue weighted by molar-refractivity contribution is 5.79. The number of aliphatic hydroxyl groups is 1. The van der Waals surface area contributed by atoms with Crippen molar-refractivity contribution in [2.75, 3.05) is 0 Å². The van der Waals surface area contributed by atoms with Gasteiger partial charge in [-0.1, -0.05) is 6.58 Å². The Hall–Kier alpha value is -1.23. The number of nitrogens with zero attached hydrogens (tertiary/aromatic N) is 1. The Kier molecular flexibility index (Phi) is 3.43. The van der Waals surface area contributed by atoms with Crippen molar-refractivity contribution in [1.82, 2.24) is 0 Å². The van der Waals surface area contributed by atoms with Crippen LogP contribution in [-0.2, 0) is 4.79 Å². The molecule has 0 aromatic rings. The van der Waals surface area contributed by atoms with Crippen LogP contribution in [0.25, 0.3) is 0 Å². The van der Waals surface area contributed by atoms with Gasteiger partial charge in [-0.3, -0.25) is 14.9 Å². The van der Waals surface area contributed by atoms with Gasteiger partial charge in [-0.25, -0.2) is 0 Å². The standard InChI is InChI=1S/C12H19NO4/c1-8(2)12(13(16)17)6-5-11(4,15)10(7-12)9(3)14/h10,15H,1,5-7H2,2-4H3/t10-,11-,12-/m0/s1. The lowest BCUT2D eigenvalue weighted by Gasteiger charge is -2.42. The molecule has 1 rings (SSSR count). The Balaban J connectivity index is 3.13. The van der Waals surface area contributed by atoms with E-state index >= 15 is 0 Å². The average molecular weight is 241 g/mol. The molecule has 1 aliphatic carbocycles. The van der Waals surface area contributed by atoms with Crippen molar-refractivity contribution in [3.63, 3.8) is 0 Å². The highest BCUT2D eigenvalue weighted by Crippen LogP contribution is 2.44. The van der Waals surface area contributed by atoms with Gasteiger partial charge in [0.1, 0.15) is 5.78 Å². The molecule has 17 heavy (non-hydrogen) atoms. The van der Waals surface area contributed by atoms with Gasteiger partial charge in [0.05, 0.1) is 11.5 Å². The molecule has 1 saturated carbocycles. The van der Waals surface area contributed by atoms with Crippen LogP contribution in [0.2, 0.25) is 0 Å². The Bertz CT molecular complexity index is 359. The Morgan fingerprint density at radius 1 is 1.47 bits per heavy atom.